The Hall–Kier alpha value is -3.51. The Morgan fingerprint density at radius 1 is 0.926 bits per heavy atom. The topological polar surface area (TPSA) is 62.5 Å². The van der Waals surface area contributed by atoms with Gasteiger partial charge in [-0.3, -0.25) is 9.20 Å². The van der Waals surface area contributed by atoms with Crippen LogP contribution in [0.5, 0.6) is 0 Å². The maximum absolute atomic E-state index is 12.9. The zero-order chi connectivity index (χ0) is 18.2. The average molecular weight is 370 g/mol. The number of pyridine rings is 1. The lowest BCUT2D eigenvalue weighted by Crippen LogP contribution is -2.17. The van der Waals surface area contributed by atoms with E-state index in [2.05, 4.69) is 9.97 Å². The number of nitrogens with zero attached hydrogens (tertiary/aromatic N) is 3. The molecule has 5 aromatic rings. The summed E-state index contributed by atoms with van der Waals surface area (Å²) < 4.78 is 1.90. The number of H-pyrrole nitrogens is 1. The van der Waals surface area contributed by atoms with Gasteiger partial charge in [-0.25, -0.2) is 9.98 Å². The lowest BCUT2D eigenvalue weighted by molar-refractivity contribution is 1.09. The number of hydrogen-bond acceptors (Lipinski definition) is 4. The minimum atomic E-state index is -0.175. The van der Waals surface area contributed by atoms with Crippen LogP contribution in [0, 0.1) is 0 Å². The van der Waals surface area contributed by atoms with Crippen LogP contribution in [0.25, 0.3) is 27.1 Å². The SMILES string of the molecule is O=c1[nH]c2ncccc2n2c(=Nc3ccccc3)sc(-c3ccccc3)c12. The minimum Gasteiger partial charge on any atom is -0.303 e. The Morgan fingerprint density at radius 3 is 2.44 bits per heavy atom. The molecule has 0 fully saturated rings. The van der Waals surface area contributed by atoms with Crippen molar-refractivity contribution in [3.05, 3.63) is 94.1 Å². The van der Waals surface area contributed by atoms with Gasteiger partial charge in [-0.2, -0.15) is 0 Å². The predicted octanol–water partition coefficient (Wildman–Crippen LogP) is 4.14. The molecule has 0 amide bonds. The summed E-state index contributed by atoms with van der Waals surface area (Å²) in [6, 6.07) is 23.5. The van der Waals surface area contributed by atoms with Crippen molar-refractivity contribution in [1.82, 2.24) is 14.4 Å². The number of aromatic amines is 1. The van der Waals surface area contributed by atoms with E-state index in [-0.39, 0.29) is 5.56 Å². The molecule has 0 spiro atoms. The van der Waals surface area contributed by atoms with Gasteiger partial charge in [0.1, 0.15) is 5.52 Å². The predicted molar refractivity (Wildman–Crippen MR) is 108 cm³/mol. The van der Waals surface area contributed by atoms with Gasteiger partial charge in [-0.15, -0.1) is 0 Å². The van der Waals surface area contributed by atoms with E-state index in [1.165, 1.54) is 11.3 Å². The molecule has 3 heterocycles. The van der Waals surface area contributed by atoms with E-state index in [0.717, 1.165) is 26.4 Å². The molecule has 6 heteroatoms. The second kappa shape index (κ2) is 6.34. The molecule has 1 N–H and O–H groups in total. The lowest BCUT2D eigenvalue weighted by Gasteiger charge is -2.03. The van der Waals surface area contributed by atoms with Crippen LogP contribution in [0.1, 0.15) is 0 Å². The zero-order valence-electron chi connectivity index (χ0n) is 14.2. The molecule has 27 heavy (non-hydrogen) atoms. The summed E-state index contributed by atoms with van der Waals surface area (Å²) >= 11 is 1.50. The Labute approximate surface area is 157 Å². The third-order valence-electron chi connectivity index (χ3n) is 4.31. The van der Waals surface area contributed by atoms with Crippen LogP contribution in [0.15, 0.2) is 88.8 Å². The first-order valence-electron chi connectivity index (χ1n) is 8.49. The van der Waals surface area contributed by atoms with E-state index in [9.17, 15) is 4.79 Å². The Bertz CT molecular complexity index is 1380. The van der Waals surface area contributed by atoms with Gasteiger partial charge in [0, 0.05) is 6.20 Å². The molecule has 5 rings (SSSR count). The Balaban J connectivity index is 1.98. The molecular weight excluding hydrogens is 356 g/mol. The summed E-state index contributed by atoms with van der Waals surface area (Å²) in [5.41, 5.74) is 3.60. The first-order valence-corrected chi connectivity index (χ1v) is 9.31. The van der Waals surface area contributed by atoms with E-state index in [1.54, 1.807) is 6.20 Å². The molecule has 0 unspecified atom stereocenters. The number of nitrogens with one attached hydrogen (secondary N) is 1. The molecule has 0 atom stereocenters. The van der Waals surface area contributed by atoms with Gasteiger partial charge in [0.25, 0.3) is 5.56 Å². The lowest BCUT2D eigenvalue weighted by atomic mass is 10.2. The summed E-state index contributed by atoms with van der Waals surface area (Å²) in [7, 11) is 0. The molecule has 5 nitrogen and oxygen atoms in total. The van der Waals surface area contributed by atoms with Crippen LogP contribution >= 0.6 is 11.3 Å². The van der Waals surface area contributed by atoms with Gasteiger partial charge in [-0.1, -0.05) is 59.9 Å². The first kappa shape index (κ1) is 15.7. The first-order chi connectivity index (χ1) is 13.3. The van der Waals surface area contributed by atoms with E-state index in [1.807, 2.05) is 77.2 Å². The zero-order valence-corrected chi connectivity index (χ0v) is 15.0. The fraction of sp³-hybridized carbons (Fsp3) is 0. The van der Waals surface area contributed by atoms with Gasteiger partial charge >= 0.3 is 0 Å². The highest BCUT2D eigenvalue weighted by atomic mass is 32.1. The minimum absolute atomic E-state index is 0.175. The van der Waals surface area contributed by atoms with Crippen molar-refractivity contribution >= 4 is 33.7 Å². The van der Waals surface area contributed by atoms with Crippen molar-refractivity contribution in [3.8, 4) is 10.4 Å². The third kappa shape index (κ3) is 2.67. The van der Waals surface area contributed by atoms with E-state index < -0.39 is 0 Å². The number of thiazole rings is 1. The van der Waals surface area contributed by atoms with Crippen molar-refractivity contribution in [2.75, 3.05) is 0 Å². The maximum atomic E-state index is 12.9. The standard InChI is InChI=1S/C21H14N4OS/c26-20-17-18(14-8-3-1-4-9-14)27-21(23-15-10-5-2-6-11-15)25(17)16-12-7-13-22-19(16)24-20/h1-13H,(H,22,24,26). The fourth-order valence-corrected chi connectivity index (χ4v) is 4.27. The smallest absolute Gasteiger partial charge is 0.275 e. The van der Waals surface area contributed by atoms with Crippen LogP contribution in [0.2, 0.25) is 0 Å². The average Bonchev–Trinajstić information content (AvgIpc) is 3.10. The highest BCUT2D eigenvalue weighted by Gasteiger charge is 2.16. The molecule has 0 bridgehead atoms. The number of rotatable bonds is 2. The number of benzene rings is 2. The Morgan fingerprint density at radius 2 is 1.67 bits per heavy atom. The normalized spacial score (nSPS) is 12.1. The second-order valence-corrected chi connectivity index (χ2v) is 7.01. The molecule has 130 valence electrons. The summed E-state index contributed by atoms with van der Waals surface area (Å²) in [6.07, 6.45) is 1.67. The van der Waals surface area contributed by atoms with Crippen LogP contribution in [-0.4, -0.2) is 14.4 Å². The van der Waals surface area contributed by atoms with E-state index >= 15 is 0 Å². The summed E-state index contributed by atoms with van der Waals surface area (Å²) in [4.78, 5) is 26.5. The van der Waals surface area contributed by atoms with Crippen molar-refractivity contribution in [2.24, 2.45) is 4.99 Å². The van der Waals surface area contributed by atoms with Crippen LogP contribution in [0.3, 0.4) is 0 Å². The van der Waals surface area contributed by atoms with Crippen LogP contribution in [-0.2, 0) is 0 Å². The summed E-state index contributed by atoms with van der Waals surface area (Å²) in [5.74, 6) is 0. The van der Waals surface area contributed by atoms with Gasteiger partial charge in [0.05, 0.1) is 16.1 Å². The van der Waals surface area contributed by atoms with Crippen molar-refractivity contribution in [1.29, 1.82) is 0 Å². The van der Waals surface area contributed by atoms with Crippen molar-refractivity contribution in [2.45, 2.75) is 0 Å². The molecule has 0 saturated heterocycles. The van der Waals surface area contributed by atoms with E-state index in [0.29, 0.717) is 11.2 Å². The third-order valence-corrected chi connectivity index (χ3v) is 5.40. The highest BCUT2D eigenvalue weighted by Crippen LogP contribution is 2.27. The fourth-order valence-electron chi connectivity index (χ4n) is 3.12. The molecule has 3 aromatic heterocycles. The number of hydrogen-bond donors (Lipinski definition) is 1. The van der Waals surface area contributed by atoms with Crippen molar-refractivity contribution in [3.63, 3.8) is 0 Å². The largest absolute Gasteiger partial charge is 0.303 e. The summed E-state index contributed by atoms with van der Waals surface area (Å²) in [6.45, 7) is 0. The monoisotopic (exact) mass is 370 g/mol. The maximum Gasteiger partial charge on any atom is 0.275 e. The molecular formula is C21H14N4OS. The summed E-state index contributed by atoms with van der Waals surface area (Å²) in [5, 5.41) is 0. The van der Waals surface area contributed by atoms with Crippen LogP contribution < -0.4 is 10.4 Å². The second-order valence-electron chi connectivity index (χ2n) is 6.04. The molecule has 0 aliphatic heterocycles. The van der Waals surface area contributed by atoms with E-state index in [4.69, 9.17) is 4.99 Å². The number of aromatic nitrogens is 3. The molecule has 0 radical (unpaired) electrons. The van der Waals surface area contributed by atoms with Crippen LogP contribution in [0.4, 0.5) is 5.69 Å². The number of fused-ring (bicyclic) bond motifs is 3. The molecule has 0 aliphatic carbocycles. The quantitative estimate of drug-likeness (QED) is 0.508. The highest BCUT2D eigenvalue weighted by molar-refractivity contribution is 7.13. The molecule has 0 aliphatic rings. The van der Waals surface area contributed by atoms with Gasteiger partial charge in [0.2, 0.25) is 0 Å². The Kier molecular flexibility index (Phi) is 3.69. The van der Waals surface area contributed by atoms with Gasteiger partial charge in [-0.05, 0) is 29.8 Å². The molecule has 2 aromatic carbocycles. The number of para-hydroxylation sites is 1. The van der Waals surface area contributed by atoms with Gasteiger partial charge < -0.3 is 4.98 Å². The van der Waals surface area contributed by atoms with Crippen molar-refractivity contribution < 1.29 is 0 Å². The molecule has 0 saturated carbocycles. The van der Waals surface area contributed by atoms with Gasteiger partial charge in [0.15, 0.2) is 10.4 Å².